The monoisotopic (exact) mass is 596 g/mol. The number of amides is 1. The highest BCUT2D eigenvalue weighted by Crippen LogP contribution is 2.50. The maximum absolute atomic E-state index is 14.2. The van der Waals surface area contributed by atoms with Crippen molar-refractivity contribution in [1.29, 1.82) is 0 Å². The molecule has 0 aromatic carbocycles. The highest BCUT2D eigenvalue weighted by atomic mass is 32.2. The van der Waals surface area contributed by atoms with Gasteiger partial charge >= 0.3 is 5.97 Å². The number of thiazole rings is 1. The van der Waals surface area contributed by atoms with Crippen LogP contribution in [-0.4, -0.2) is 75.6 Å². The molecule has 212 valence electrons. The highest BCUT2D eigenvalue weighted by molar-refractivity contribution is 8.14. The second-order valence-electron chi connectivity index (χ2n) is 9.46. The summed E-state index contributed by atoms with van der Waals surface area (Å²) >= 11 is -0.387. The summed E-state index contributed by atoms with van der Waals surface area (Å²) in [6, 6.07) is -0.711. The van der Waals surface area contributed by atoms with Crippen LogP contribution in [0.25, 0.3) is 6.08 Å². The van der Waals surface area contributed by atoms with E-state index in [9.17, 15) is 33.9 Å². The van der Waals surface area contributed by atoms with Gasteiger partial charge in [0.2, 0.25) is 5.12 Å². The lowest BCUT2D eigenvalue weighted by atomic mass is 9.81. The van der Waals surface area contributed by atoms with E-state index in [2.05, 4.69) is 4.98 Å². The molecule has 0 aliphatic carbocycles. The minimum Gasteiger partial charge on any atom is -0.592 e. The molecule has 5 atom stereocenters. The summed E-state index contributed by atoms with van der Waals surface area (Å²) in [7, 11) is 0. The topological polar surface area (TPSA) is 157 Å². The van der Waals surface area contributed by atoms with E-state index >= 15 is 0 Å². The molecule has 1 amide bonds. The molecule has 1 saturated heterocycles. The summed E-state index contributed by atoms with van der Waals surface area (Å²) in [6.07, 6.45) is 5.57. The average molecular weight is 597 g/mol. The van der Waals surface area contributed by atoms with Crippen molar-refractivity contribution in [1.82, 2.24) is 9.29 Å². The number of ketones is 1. The Morgan fingerprint density at radius 2 is 2.05 bits per heavy atom. The molecule has 1 aromatic rings. The van der Waals surface area contributed by atoms with Gasteiger partial charge in [-0.1, -0.05) is 29.5 Å². The van der Waals surface area contributed by atoms with Crippen molar-refractivity contribution in [2.75, 3.05) is 12.4 Å². The number of thioether (sulfide) groups is 1. The second kappa shape index (κ2) is 12.9. The number of aromatic nitrogens is 1. The van der Waals surface area contributed by atoms with Gasteiger partial charge in [0.25, 0.3) is 5.91 Å². The van der Waals surface area contributed by atoms with E-state index in [0.717, 1.165) is 4.31 Å². The molecular weight excluding hydrogens is 564 g/mol. The molecule has 3 heterocycles. The summed E-state index contributed by atoms with van der Waals surface area (Å²) in [5.41, 5.74) is -1.18. The van der Waals surface area contributed by atoms with Gasteiger partial charge in [0.1, 0.15) is 17.2 Å². The molecule has 0 radical (unpaired) electrons. The number of carbonyl (C=O) groups excluding carboxylic acids is 4. The fourth-order valence-electron chi connectivity index (χ4n) is 4.35. The Hall–Kier alpha value is -2.29. The summed E-state index contributed by atoms with van der Waals surface area (Å²) in [4.78, 5) is 55.3. The Balaban J connectivity index is 2.05. The Kier molecular flexibility index (Phi) is 10.3. The lowest BCUT2D eigenvalue weighted by Crippen LogP contribution is -2.60. The minimum absolute atomic E-state index is 0.0724. The molecule has 39 heavy (non-hydrogen) atoms. The summed E-state index contributed by atoms with van der Waals surface area (Å²) < 4.78 is 18.4. The zero-order valence-corrected chi connectivity index (χ0v) is 24.6. The summed E-state index contributed by atoms with van der Waals surface area (Å²) in [6.45, 7) is 6.30. The molecule has 13 heteroatoms. The molecule has 2 aliphatic rings. The lowest BCUT2D eigenvalue weighted by molar-refractivity contribution is -0.140. The number of hydrogen-bond acceptors (Lipinski definition) is 11. The molecule has 4 bridgehead atoms. The first kappa shape index (κ1) is 31.2. The summed E-state index contributed by atoms with van der Waals surface area (Å²) in [5, 5.41) is 23.4. The quantitative estimate of drug-likeness (QED) is 0.294. The Bertz CT molecular complexity index is 1210. The summed E-state index contributed by atoms with van der Waals surface area (Å²) in [5.74, 6) is -2.06. The van der Waals surface area contributed by atoms with E-state index in [1.54, 1.807) is 38.3 Å². The first-order chi connectivity index (χ1) is 18.3. The van der Waals surface area contributed by atoms with E-state index in [1.807, 2.05) is 0 Å². The zero-order chi connectivity index (χ0) is 29.0. The number of carbonyl (C=O) groups is 4. The van der Waals surface area contributed by atoms with Gasteiger partial charge in [-0.2, -0.15) is 4.31 Å². The zero-order valence-electron chi connectivity index (χ0n) is 22.1. The van der Waals surface area contributed by atoms with Crippen LogP contribution in [-0.2, 0) is 35.3 Å². The minimum atomic E-state index is -2.28. The third kappa shape index (κ3) is 6.72. The van der Waals surface area contributed by atoms with Gasteiger partial charge in [-0.25, -0.2) is 4.98 Å². The van der Waals surface area contributed by atoms with Crippen LogP contribution in [0, 0.1) is 0 Å². The van der Waals surface area contributed by atoms with E-state index in [-0.39, 0.29) is 25.2 Å². The van der Waals surface area contributed by atoms with Crippen molar-refractivity contribution in [3.05, 3.63) is 46.0 Å². The van der Waals surface area contributed by atoms with Crippen molar-refractivity contribution in [3.8, 4) is 0 Å². The standard InChI is InChI=1S/C26H32N2O8S3/c1-5-36-22(32)15-38-24(33)25(4,34)26-11-10-16(2)12-20(30)19(29)9-7-6-8-18-14-37-23(27-18)17(3)28(39(26)35)21(31)13-26/h6-9,12,14,17,20,30,34H,5,10-11,13,15H2,1-4H3/b8-6+,9-7+,16-12+/t17-,20-,25+,26-,39?/m1/s1. The number of ether oxygens (including phenoxy) is 1. The number of aliphatic hydroxyl groups excluding tert-OH is 1. The smallest absolute Gasteiger partial charge is 0.316 e. The maximum atomic E-state index is 14.2. The molecule has 0 saturated carbocycles. The Labute approximate surface area is 238 Å². The first-order valence-corrected chi connectivity index (χ1v) is 15.3. The Morgan fingerprint density at radius 1 is 1.36 bits per heavy atom. The number of fused-ring (bicyclic) bond motifs is 4. The van der Waals surface area contributed by atoms with E-state index in [0.29, 0.717) is 28.0 Å². The largest absolute Gasteiger partial charge is 0.592 e. The number of esters is 1. The fraction of sp³-hybridized carbons (Fsp3) is 0.500. The Morgan fingerprint density at radius 3 is 2.74 bits per heavy atom. The van der Waals surface area contributed by atoms with Gasteiger partial charge in [-0.05, 0) is 52.3 Å². The van der Waals surface area contributed by atoms with Crippen LogP contribution >= 0.6 is 23.1 Å². The molecule has 1 fully saturated rings. The van der Waals surface area contributed by atoms with Crippen molar-refractivity contribution < 1.29 is 38.7 Å². The lowest BCUT2D eigenvalue weighted by Gasteiger charge is -2.40. The highest BCUT2D eigenvalue weighted by Gasteiger charge is 2.69. The average Bonchev–Trinajstić information content (AvgIpc) is 3.45. The van der Waals surface area contributed by atoms with Gasteiger partial charge < -0.3 is 19.5 Å². The third-order valence-electron chi connectivity index (χ3n) is 6.65. The van der Waals surface area contributed by atoms with E-state index < -0.39 is 63.1 Å². The third-order valence-corrected chi connectivity index (χ3v) is 11.0. The van der Waals surface area contributed by atoms with E-state index in [1.165, 1.54) is 36.5 Å². The van der Waals surface area contributed by atoms with Crippen LogP contribution in [0.1, 0.15) is 63.7 Å². The molecule has 2 aliphatic heterocycles. The van der Waals surface area contributed by atoms with Gasteiger partial charge in [0.05, 0.1) is 35.8 Å². The molecular formula is C26H32N2O8S3. The van der Waals surface area contributed by atoms with Crippen LogP contribution in [0.3, 0.4) is 0 Å². The van der Waals surface area contributed by atoms with Crippen LogP contribution in [0.2, 0.25) is 0 Å². The van der Waals surface area contributed by atoms with Gasteiger partial charge in [0.15, 0.2) is 16.1 Å². The maximum Gasteiger partial charge on any atom is 0.316 e. The van der Waals surface area contributed by atoms with Crippen molar-refractivity contribution in [2.24, 2.45) is 0 Å². The van der Waals surface area contributed by atoms with Crippen molar-refractivity contribution in [2.45, 2.75) is 69.5 Å². The predicted molar refractivity (Wildman–Crippen MR) is 150 cm³/mol. The predicted octanol–water partition coefficient (Wildman–Crippen LogP) is 2.65. The van der Waals surface area contributed by atoms with Crippen LogP contribution in [0.4, 0.5) is 0 Å². The van der Waals surface area contributed by atoms with Crippen molar-refractivity contribution in [3.63, 3.8) is 0 Å². The number of rotatable bonds is 5. The molecule has 0 spiro atoms. The van der Waals surface area contributed by atoms with Gasteiger partial charge in [0, 0.05) is 11.8 Å². The molecule has 2 N–H and O–H groups in total. The van der Waals surface area contributed by atoms with Crippen LogP contribution < -0.4 is 0 Å². The van der Waals surface area contributed by atoms with Gasteiger partial charge in [-0.15, -0.1) is 11.3 Å². The second-order valence-corrected chi connectivity index (χ2v) is 13.0. The molecule has 10 nitrogen and oxygen atoms in total. The molecule has 1 unspecified atom stereocenters. The fourth-order valence-corrected chi connectivity index (χ4v) is 8.09. The molecule has 3 rings (SSSR count). The normalized spacial score (nSPS) is 30.6. The van der Waals surface area contributed by atoms with E-state index in [4.69, 9.17) is 4.74 Å². The number of allylic oxidation sites excluding steroid dienone is 3. The molecule has 1 aromatic heterocycles. The van der Waals surface area contributed by atoms with Gasteiger partial charge in [-0.3, -0.25) is 19.2 Å². The van der Waals surface area contributed by atoms with Crippen LogP contribution in [0.15, 0.2) is 35.3 Å². The number of nitrogens with zero attached hydrogens (tertiary/aromatic N) is 2. The van der Waals surface area contributed by atoms with Crippen molar-refractivity contribution >= 4 is 63.3 Å². The van der Waals surface area contributed by atoms with Crippen LogP contribution in [0.5, 0.6) is 0 Å². The first-order valence-electron chi connectivity index (χ1n) is 12.3. The SMILES string of the molecule is CCOC(=O)CSC(=O)[C@](C)(O)[C@@]12CC/C(C)=C/[C@@H](O)C(=O)/C=C/C=C/c3csc(n3)[C@@H](C)N(C(=O)C1)[S+]2[O-]. The number of aliphatic hydroxyl groups is 2. The number of hydrogen-bond donors (Lipinski definition) is 2.